The minimum absolute atomic E-state index is 0.249. The van der Waals surface area contributed by atoms with Gasteiger partial charge in [-0.05, 0) is 24.1 Å². The molecule has 0 saturated carbocycles. The van der Waals surface area contributed by atoms with E-state index in [-0.39, 0.29) is 6.42 Å². The molecule has 18 heavy (non-hydrogen) atoms. The van der Waals surface area contributed by atoms with E-state index in [9.17, 15) is 4.79 Å². The van der Waals surface area contributed by atoms with Gasteiger partial charge in [0.25, 0.3) is 0 Å². The van der Waals surface area contributed by atoms with Crippen molar-refractivity contribution in [3.05, 3.63) is 23.8 Å². The van der Waals surface area contributed by atoms with Crippen molar-refractivity contribution in [1.82, 2.24) is 0 Å². The second kappa shape index (κ2) is 5.73. The summed E-state index contributed by atoms with van der Waals surface area (Å²) in [5, 5.41) is 9.14. The highest BCUT2D eigenvalue weighted by Crippen LogP contribution is 2.29. The zero-order chi connectivity index (χ0) is 13.8. The van der Waals surface area contributed by atoms with Crippen LogP contribution in [0, 0.1) is 0 Å². The van der Waals surface area contributed by atoms with E-state index in [0.29, 0.717) is 17.9 Å². The lowest BCUT2D eigenvalue weighted by molar-refractivity contribution is -0.143. The molecule has 0 bridgehead atoms. The Morgan fingerprint density at radius 2 is 1.94 bits per heavy atom. The molecular formula is C13H19NO4. The number of carboxylic acid groups (broad SMARTS) is 1. The molecule has 0 aromatic heterocycles. The van der Waals surface area contributed by atoms with E-state index in [0.717, 1.165) is 5.56 Å². The van der Waals surface area contributed by atoms with Crippen LogP contribution in [0.25, 0.3) is 0 Å². The summed E-state index contributed by atoms with van der Waals surface area (Å²) in [5.41, 5.74) is 5.42. The predicted molar refractivity (Wildman–Crippen MR) is 68.1 cm³/mol. The van der Waals surface area contributed by atoms with Gasteiger partial charge in [0.2, 0.25) is 0 Å². The molecule has 1 aromatic carbocycles. The summed E-state index contributed by atoms with van der Waals surface area (Å²) < 4.78 is 10.3. The van der Waals surface area contributed by atoms with Crippen LogP contribution in [0.3, 0.4) is 0 Å². The number of carbonyl (C=O) groups is 1. The molecule has 1 rings (SSSR count). The molecule has 0 fully saturated rings. The molecule has 0 saturated heterocycles. The number of rotatable bonds is 6. The molecule has 3 N–H and O–H groups in total. The normalized spacial score (nSPS) is 13.8. The standard InChI is InChI=1S/C13H19NO4/c1-4-13(14,12(15)16)8-9-5-6-10(17-2)11(7-9)18-3/h5-7H,4,8,14H2,1-3H3,(H,15,16). The number of hydrogen-bond donors (Lipinski definition) is 2. The molecule has 100 valence electrons. The Morgan fingerprint density at radius 1 is 1.33 bits per heavy atom. The van der Waals surface area contributed by atoms with Crippen LogP contribution in [-0.4, -0.2) is 30.8 Å². The Labute approximate surface area is 107 Å². The van der Waals surface area contributed by atoms with E-state index in [1.807, 2.05) is 0 Å². The number of nitrogens with two attached hydrogens (primary N) is 1. The molecule has 0 radical (unpaired) electrons. The number of carboxylic acids is 1. The fraction of sp³-hybridized carbons (Fsp3) is 0.462. The van der Waals surface area contributed by atoms with Gasteiger partial charge in [0.1, 0.15) is 5.54 Å². The van der Waals surface area contributed by atoms with Gasteiger partial charge in [-0.1, -0.05) is 13.0 Å². The fourth-order valence-corrected chi connectivity index (χ4v) is 1.71. The van der Waals surface area contributed by atoms with Gasteiger partial charge >= 0.3 is 5.97 Å². The SMILES string of the molecule is CCC(N)(Cc1ccc(OC)c(OC)c1)C(=O)O. The highest BCUT2D eigenvalue weighted by molar-refractivity contribution is 5.78. The lowest BCUT2D eigenvalue weighted by atomic mass is 9.89. The monoisotopic (exact) mass is 253 g/mol. The minimum atomic E-state index is -1.25. The van der Waals surface area contributed by atoms with Gasteiger partial charge in [0, 0.05) is 6.42 Å². The lowest BCUT2D eigenvalue weighted by Gasteiger charge is -2.23. The Hall–Kier alpha value is -1.75. The van der Waals surface area contributed by atoms with Gasteiger partial charge in [-0.3, -0.25) is 4.79 Å². The maximum absolute atomic E-state index is 11.2. The first-order valence-electron chi connectivity index (χ1n) is 5.70. The van der Waals surface area contributed by atoms with E-state index in [2.05, 4.69) is 0 Å². The van der Waals surface area contributed by atoms with Crippen molar-refractivity contribution in [3.8, 4) is 11.5 Å². The first-order valence-corrected chi connectivity index (χ1v) is 5.70. The smallest absolute Gasteiger partial charge is 0.324 e. The molecule has 1 atom stereocenters. The fourth-order valence-electron chi connectivity index (χ4n) is 1.71. The number of benzene rings is 1. The zero-order valence-corrected chi connectivity index (χ0v) is 10.9. The third kappa shape index (κ3) is 2.92. The summed E-state index contributed by atoms with van der Waals surface area (Å²) in [7, 11) is 3.09. The number of ether oxygens (including phenoxy) is 2. The van der Waals surface area contributed by atoms with Crippen LogP contribution in [0.5, 0.6) is 11.5 Å². The van der Waals surface area contributed by atoms with E-state index in [4.69, 9.17) is 20.3 Å². The third-order valence-corrected chi connectivity index (χ3v) is 3.02. The van der Waals surface area contributed by atoms with Crippen molar-refractivity contribution in [2.45, 2.75) is 25.3 Å². The van der Waals surface area contributed by atoms with Gasteiger partial charge in [0.05, 0.1) is 14.2 Å². The predicted octanol–water partition coefficient (Wildman–Crippen LogP) is 1.44. The maximum atomic E-state index is 11.2. The first kappa shape index (κ1) is 14.3. The van der Waals surface area contributed by atoms with E-state index >= 15 is 0 Å². The highest BCUT2D eigenvalue weighted by Gasteiger charge is 2.32. The van der Waals surface area contributed by atoms with Gasteiger partial charge in [-0.15, -0.1) is 0 Å². The van der Waals surface area contributed by atoms with E-state index in [1.165, 1.54) is 7.11 Å². The second-order valence-electron chi connectivity index (χ2n) is 4.18. The van der Waals surface area contributed by atoms with Crippen molar-refractivity contribution < 1.29 is 19.4 Å². The summed E-state index contributed by atoms with van der Waals surface area (Å²) in [6, 6.07) is 5.28. The molecule has 0 heterocycles. The van der Waals surface area contributed by atoms with Crippen LogP contribution in [0.15, 0.2) is 18.2 Å². The lowest BCUT2D eigenvalue weighted by Crippen LogP contribution is -2.49. The molecule has 5 heteroatoms. The van der Waals surface area contributed by atoms with Crippen molar-refractivity contribution in [2.24, 2.45) is 5.73 Å². The van der Waals surface area contributed by atoms with Crippen molar-refractivity contribution in [2.75, 3.05) is 14.2 Å². The van der Waals surface area contributed by atoms with Crippen LogP contribution in [0.4, 0.5) is 0 Å². The van der Waals surface area contributed by atoms with E-state index < -0.39 is 11.5 Å². The largest absolute Gasteiger partial charge is 0.493 e. The maximum Gasteiger partial charge on any atom is 0.324 e. The summed E-state index contributed by atoms with van der Waals surface area (Å²) in [5.74, 6) is 0.175. The Bertz CT molecular complexity index is 433. The third-order valence-electron chi connectivity index (χ3n) is 3.02. The number of aliphatic carboxylic acids is 1. The zero-order valence-electron chi connectivity index (χ0n) is 10.9. The second-order valence-corrected chi connectivity index (χ2v) is 4.18. The quantitative estimate of drug-likeness (QED) is 0.801. The summed E-state index contributed by atoms with van der Waals surface area (Å²) in [6.45, 7) is 1.76. The Kier molecular flexibility index (Phi) is 4.55. The van der Waals surface area contributed by atoms with Crippen LogP contribution < -0.4 is 15.2 Å². The van der Waals surface area contributed by atoms with Gasteiger partial charge in [0.15, 0.2) is 11.5 Å². The molecule has 0 amide bonds. The van der Waals surface area contributed by atoms with Crippen LogP contribution in [0.2, 0.25) is 0 Å². The number of methoxy groups -OCH3 is 2. The van der Waals surface area contributed by atoms with Crippen LogP contribution in [0.1, 0.15) is 18.9 Å². The average Bonchev–Trinajstić information content (AvgIpc) is 2.38. The van der Waals surface area contributed by atoms with Crippen LogP contribution >= 0.6 is 0 Å². The minimum Gasteiger partial charge on any atom is -0.493 e. The molecule has 5 nitrogen and oxygen atoms in total. The molecule has 0 aliphatic rings. The molecule has 0 spiro atoms. The van der Waals surface area contributed by atoms with Gasteiger partial charge in [-0.2, -0.15) is 0 Å². The summed E-state index contributed by atoms with van der Waals surface area (Å²) >= 11 is 0. The van der Waals surface area contributed by atoms with E-state index in [1.54, 1.807) is 32.2 Å². The topological polar surface area (TPSA) is 81.8 Å². The van der Waals surface area contributed by atoms with Crippen molar-refractivity contribution >= 4 is 5.97 Å². The van der Waals surface area contributed by atoms with Gasteiger partial charge < -0.3 is 20.3 Å². The molecule has 0 aliphatic carbocycles. The van der Waals surface area contributed by atoms with Crippen molar-refractivity contribution in [1.29, 1.82) is 0 Å². The summed E-state index contributed by atoms with van der Waals surface area (Å²) in [4.78, 5) is 11.2. The Morgan fingerprint density at radius 3 is 2.39 bits per heavy atom. The molecule has 1 aromatic rings. The van der Waals surface area contributed by atoms with Gasteiger partial charge in [-0.25, -0.2) is 0 Å². The molecule has 0 aliphatic heterocycles. The first-order chi connectivity index (χ1) is 8.46. The molecule has 1 unspecified atom stereocenters. The molecular weight excluding hydrogens is 234 g/mol. The summed E-state index contributed by atoms with van der Waals surface area (Å²) in [6.07, 6.45) is 0.607. The number of hydrogen-bond acceptors (Lipinski definition) is 4. The highest BCUT2D eigenvalue weighted by atomic mass is 16.5. The Balaban J connectivity index is 3.01. The van der Waals surface area contributed by atoms with Crippen molar-refractivity contribution in [3.63, 3.8) is 0 Å². The van der Waals surface area contributed by atoms with Crippen LogP contribution in [-0.2, 0) is 11.2 Å². The average molecular weight is 253 g/mol.